The molecule has 0 bridgehead atoms. The van der Waals surface area contributed by atoms with Gasteiger partial charge in [-0.1, -0.05) is 67.1 Å². The molecule has 2 aliphatic rings. The number of amides is 3. The Bertz CT molecular complexity index is 1900. The first kappa shape index (κ1) is 37.4. The molecule has 2 N–H and O–H groups in total. The van der Waals surface area contributed by atoms with Crippen LogP contribution in [0.4, 0.5) is 21.0 Å². The van der Waals surface area contributed by atoms with Crippen molar-refractivity contribution in [2.24, 2.45) is 0 Å². The zero-order chi connectivity index (χ0) is 36.9. The molecular weight excluding hydrogens is 670 g/mol. The standard InChI is InChI=1S/C43H47N3O7/c1-43(2)51-31-36-28-35(20-21-39(36)53-43)40-29-46(42(48)52-40)22-8-3-4-9-23-49-24-25-50-30-34-15-11-17-38(27-34)45-41(47)44-37-16-10-14-33(26-37)19-18-32-12-6-5-7-13-32/h5-7,10-17,20-21,26-28,40H,3-4,8-9,22-25,29-31H2,1-2H3,(H2,44,45,47)/t40-/m0/s1. The highest BCUT2D eigenvalue weighted by atomic mass is 16.7. The van der Waals surface area contributed by atoms with Crippen LogP contribution in [-0.4, -0.2) is 55.7 Å². The van der Waals surface area contributed by atoms with E-state index in [0.29, 0.717) is 57.5 Å². The normalized spacial score (nSPS) is 15.8. The molecule has 10 heteroatoms. The summed E-state index contributed by atoms with van der Waals surface area (Å²) in [6.45, 7) is 7.54. The van der Waals surface area contributed by atoms with Crippen LogP contribution in [-0.2, 0) is 32.2 Å². The summed E-state index contributed by atoms with van der Waals surface area (Å²) in [5.41, 5.74) is 5.95. The predicted molar refractivity (Wildman–Crippen MR) is 204 cm³/mol. The first-order valence-electron chi connectivity index (χ1n) is 18.2. The molecule has 4 aromatic carbocycles. The van der Waals surface area contributed by atoms with Crippen LogP contribution in [0.1, 0.15) is 73.5 Å². The van der Waals surface area contributed by atoms with Gasteiger partial charge in [-0.3, -0.25) is 0 Å². The molecule has 0 spiro atoms. The number of hydrogen-bond donors (Lipinski definition) is 2. The maximum Gasteiger partial charge on any atom is 0.410 e. The number of fused-ring (bicyclic) bond motifs is 1. The largest absolute Gasteiger partial charge is 0.463 e. The van der Waals surface area contributed by atoms with E-state index < -0.39 is 5.79 Å². The number of cyclic esters (lactones) is 1. The number of nitrogens with zero attached hydrogens (tertiary/aromatic N) is 1. The number of anilines is 2. The second-order valence-corrected chi connectivity index (χ2v) is 13.5. The molecule has 2 aliphatic heterocycles. The molecule has 10 nitrogen and oxygen atoms in total. The molecule has 6 rings (SSSR count). The van der Waals surface area contributed by atoms with Crippen molar-refractivity contribution in [2.45, 2.75) is 64.6 Å². The van der Waals surface area contributed by atoms with Gasteiger partial charge in [-0.15, -0.1) is 0 Å². The van der Waals surface area contributed by atoms with Crippen LogP contribution < -0.4 is 15.4 Å². The van der Waals surface area contributed by atoms with Gasteiger partial charge in [0.2, 0.25) is 5.79 Å². The van der Waals surface area contributed by atoms with Crippen molar-refractivity contribution in [1.29, 1.82) is 0 Å². The van der Waals surface area contributed by atoms with E-state index in [2.05, 4.69) is 22.5 Å². The third-order valence-corrected chi connectivity index (χ3v) is 8.81. The monoisotopic (exact) mass is 717 g/mol. The van der Waals surface area contributed by atoms with Crippen molar-refractivity contribution in [3.8, 4) is 17.6 Å². The Morgan fingerprint density at radius 2 is 1.55 bits per heavy atom. The van der Waals surface area contributed by atoms with Gasteiger partial charge in [0.05, 0.1) is 33.0 Å². The van der Waals surface area contributed by atoms with Crippen molar-refractivity contribution in [1.82, 2.24) is 4.90 Å². The maximum absolute atomic E-state index is 12.7. The van der Waals surface area contributed by atoms with Crippen LogP contribution in [0.15, 0.2) is 97.1 Å². The molecular formula is C43H47N3O7. The number of ether oxygens (including phenoxy) is 5. The number of carbonyl (C=O) groups is 2. The SMILES string of the molecule is CC1(C)OCc2cc([C@@H]3CN(CCCCCCOCCOCc4cccc(NC(=O)Nc5cccc(C#Cc6ccccc6)c5)c4)C(=O)O3)ccc2O1. The van der Waals surface area contributed by atoms with Crippen LogP contribution in [0.3, 0.4) is 0 Å². The van der Waals surface area contributed by atoms with Crippen LogP contribution in [0.25, 0.3) is 0 Å². The second-order valence-electron chi connectivity index (χ2n) is 13.5. The lowest BCUT2D eigenvalue weighted by atomic mass is 10.0. The van der Waals surface area contributed by atoms with Crippen LogP contribution >= 0.6 is 0 Å². The summed E-state index contributed by atoms with van der Waals surface area (Å²) in [6.07, 6.45) is 3.35. The van der Waals surface area contributed by atoms with Crippen LogP contribution in [0.2, 0.25) is 0 Å². The van der Waals surface area contributed by atoms with Gasteiger partial charge >= 0.3 is 12.1 Å². The molecule has 0 radical (unpaired) electrons. The summed E-state index contributed by atoms with van der Waals surface area (Å²) in [7, 11) is 0. The molecule has 1 saturated heterocycles. The first-order chi connectivity index (χ1) is 25.8. The molecule has 0 aliphatic carbocycles. The minimum Gasteiger partial charge on any atom is -0.463 e. The molecule has 0 saturated carbocycles. The first-order valence-corrected chi connectivity index (χ1v) is 18.2. The van der Waals surface area contributed by atoms with E-state index in [-0.39, 0.29) is 18.2 Å². The molecule has 3 amide bonds. The Balaban J connectivity index is 0.802. The molecule has 1 fully saturated rings. The minimum atomic E-state index is -0.641. The molecule has 2 heterocycles. The van der Waals surface area contributed by atoms with Crippen molar-refractivity contribution >= 4 is 23.5 Å². The number of nitrogens with one attached hydrogen (secondary N) is 2. The number of carbonyl (C=O) groups excluding carboxylic acids is 2. The summed E-state index contributed by atoms with van der Waals surface area (Å²) in [5, 5.41) is 5.76. The van der Waals surface area contributed by atoms with E-state index in [1.165, 1.54) is 0 Å². The fraction of sp³-hybridized carbons (Fsp3) is 0.349. The zero-order valence-corrected chi connectivity index (χ0v) is 30.4. The summed E-state index contributed by atoms with van der Waals surface area (Å²) in [6, 6.07) is 30.4. The van der Waals surface area contributed by atoms with Gasteiger partial charge in [0.25, 0.3) is 0 Å². The Morgan fingerprint density at radius 3 is 2.40 bits per heavy atom. The number of unbranched alkanes of at least 4 members (excludes halogenated alkanes) is 3. The van der Waals surface area contributed by atoms with Gasteiger partial charge in [-0.05, 0) is 78.6 Å². The van der Waals surface area contributed by atoms with Crippen molar-refractivity contribution in [2.75, 3.05) is 43.5 Å². The smallest absolute Gasteiger partial charge is 0.410 e. The van der Waals surface area contributed by atoms with Crippen LogP contribution in [0, 0.1) is 11.8 Å². The van der Waals surface area contributed by atoms with Gasteiger partial charge in [0.15, 0.2) is 0 Å². The van der Waals surface area contributed by atoms with Crippen molar-refractivity contribution in [3.05, 3.63) is 125 Å². The lowest BCUT2D eigenvalue weighted by Crippen LogP contribution is -2.35. The minimum absolute atomic E-state index is 0.263. The highest BCUT2D eigenvalue weighted by Crippen LogP contribution is 2.35. The average Bonchev–Trinajstić information content (AvgIpc) is 3.53. The van der Waals surface area contributed by atoms with E-state index in [0.717, 1.165) is 59.3 Å². The van der Waals surface area contributed by atoms with Crippen molar-refractivity contribution in [3.63, 3.8) is 0 Å². The number of rotatable bonds is 15. The highest BCUT2D eigenvalue weighted by Gasteiger charge is 2.33. The van der Waals surface area contributed by atoms with E-state index in [1.54, 1.807) is 4.90 Å². The summed E-state index contributed by atoms with van der Waals surface area (Å²) >= 11 is 0. The van der Waals surface area contributed by atoms with Crippen LogP contribution in [0.5, 0.6) is 5.75 Å². The number of urea groups is 1. The van der Waals surface area contributed by atoms with E-state index in [9.17, 15) is 9.59 Å². The van der Waals surface area contributed by atoms with Gasteiger partial charge < -0.3 is 39.2 Å². The predicted octanol–water partition coefficient (Wildman–Crippen LogP) is 8.66. The fourth-order valence-electron chi connectivity index (χ4n) is 6.07. The topological polar surface area (TPSA) is 108 Å². The van der Waals surface area contributed by atoms with E-state index >= 15 is 0 Å². The molecule has 0 unspecified atom stereocenters. The van der Waals surface area contributed by atoms with Gasteiger partial charge in [0, 0.05) is 55.1 Å². The van der Waals surface area contributed by atoms with Gasteiger partial charge in [0.1, 0.15) is 11.9 Å². The molecule has 0 aromatic heterocycles. The summed E-state index contributed by atoms with van der Waals surface area (Å²) in [4.78, 5) is 27.0. The van der Waals surface area contributed by atoms with Crippen molar-refractivity contribution < 1.29 is 33.3 Å². The number of hydrogen-bond acceptors (Lipinski definition) is 7. The lowest BCUT2D eigenvalue weighted by molar-refractivity contribution is -0.180. The zero-order valence-electron chi connectivity index (χ0n) is 30.4. The molecule has 1 atom stereocenters. The van der Waals surface area contributed by atoms with Gasteiger partial charge in [-0.2, -0.15) is 0 Å². The Morgan fingerprint density at radius 1 is 0.811 bits per heavy atom. The Labute approximate surface area is 311 Å². The second kappa shape index (κ2) is 18.4. The van der Waals surface area contributed by atoms with Gasteiger partial charge in [-0.25, -0.2) is 9.59 Å². The molecule has 276 valence electrons. The Kier molecular flexibility index (Phi) is 13.0. The molecule has 4 aromatic rings. The van der Waals surface area contributed by atoms with E-state index in [4.69, 9.17) is 23.7 Å². The Hall–Kier alpha value is -5.34. The average molecular weight is 718 g/mol. The highest BCUT2D eigenvalue weighted by molar-refractivity contribution is 5.99. The third kappa shape index (κ3) is 11.6. The third-order valence-electron chi connectivity index (χ3n) is 8.81. The summed E-state index contributed by atoms with van der Waals surface area (Å²) < 4.78 is 28.9. The quantitative estimate of drug-likeness (QED) is 0.0936. The van der Waals surface area contributed by atoms with E-state index in [1.807, 2.05) is 111 Å². The lowest BCUT2D eigenvalue weighted by Gasteiger charge is -2.32. The fourth-order valence-corrected chi connectivity index (χ4v) is 6.07. The summed E-state index contributed by atoms with van der Waals surface area (Å²) in [5.74, 6) is 6.44. The maximum atomic E-state index is 12.7. The molecule has 53 heavy (non-hydrogen) atoms. The number of benzene rings is 4.